The Bertz CT molecular complexity index is 1160. The van der Waals surface area contributed by atoms with E-state index in [1.165, 1.54) is 19.2 Å². The van der Waals surface area contributed by atoms with Crippen LogP contribution in [0, 0.1) is 5.82 Å². The molecular formula is C18H11ClF4N4. The second-order valence-electron chi connectivity index (χ2n) is 5.97. The number of hydrogen-bond donors (Lipinski definition) is 1. The number of nitrogens with one attached hydrogen (secondary N) is 1. The summed E-state index contributed by atoms with van der Waals surface area (Å²) in [7, 11) is 1.43. The zero-order chi connectivity index (χ0) is 19.3. The maximum absolute atomic E-state index is 13.2. The number of halogens is 5. The van der Waals surface area contributed by atoms with Crippen molar-refractivity contribution >= 4 is 22.6 Å². The number of aryl methyl sites for hydroxylation is 1. The Balaban J connectivity index is 1.79. The Hall–Kier alpha value is -2.87. The van der Waals surface area contributed by atoms with Gasteiger partial charge in [0, 0.05) is 18.3 Å². The first kappa shape index (κ1) is 17.5. The molecule has 1 aromatic carbocycles. The summed E-state index contributed by atoms with van der Waals surface area (Å²) in [5, 5.41) is 3.74. The number of benzene rings is 1. The van der Waals surface area contributed by atoms with E-state index >= 15 is 0 Å². The summed E-state index contributed by atoms with van der Waals surface area (Å²) < 4.78 is 53.0. The molecule has 1 N–H and O–H groups in total. The molecule has 0 fully saturated rings. The minimum Gasteiger partial charge on any atom is -0.353 e. The minimum absolute atomic E-state index is 0.239. The molecule has 4 rings (SSSR count). The molecule has 0 aliphatic heterocycles. The summed E-state index contributed by atoms with van der Waals surface area (Å²) in [6, 6.07) is 10.0. The zero-order valence-electron chi connectivity index (χ0n) is 13.8. The molecular weight excluding hydrogens is 384 g/mol. The third kappa shape index (κ3) is 3.16. The van der Waals surface area contributed by atoms with Gasteiger partial charge in [0.25, 0.3) is 0 Å². The lowest BCUT2D eigenvalue weighted by Gasteiger charge is -2.01. The van der Waals surface area contributed by atoms with Crippen LogP contribution >= 0.6 is 11.6 Å². The topological polar surface area (TPSA) is 46.5 Å². The molecule has 138 valence electrons. The quantitative estimate of drug-likeness (QED) is 0.460. The normalized spacial score (nSPS) is 12.1. The van der Waals surface area contributed by atoms with Gasteiger partial charge in [0.15, 0.2) is 5.69 Å². The highest BCUT2D eigenvalue weighted by atomic mass is 35.5. The highest BCUT2D eigenvalue weighted by Gasteiger charge is 2.34. The van der Waals surface area contributed by atoms with Crippen molar-refractivity contribution in [3.05, 3.63) is 59.0 Å². The molecule has 0 spiro atoms. The molecule has 0 amide bonds. The van der Waals surface area contributed by atoms with Crippen LogP contribution in [0.3, 0.4) is 0 Å². The van der Waals surface area contributed by atoms with E-state index in [-0.39, 0.29) is 10.7 Å². The highest BCUT2D eigenvalue weighted by Crippen LogP contribution is 2.33. The van der Waals surface area contributed by atoms with Gasteiger partial charge in [-0.2, -0.15) is 18.3 Å². The number of pyridine rings is 1. The van der Waals surface area contributed by atoms with E-state index in [0.29, 0.717) is 28.0 Å². The maximum Gasteiger partial charge on any atom is 0.435 e. The van der Waals surface area contributed by atoms with E-state index in [0.717, 1.165) is 10.7 Å². The van der Waals surface area contributed by atoms with Crippen molar-refractivity contribution in [2.24, 2.45) is 7.05 Å². The van der Waals surface area contributed by atoms with Crippen LogP contribution in [0.1, 0.15) is 5.69 Å². The molecule has 3 heterocycles. The van der Waals surface area contributed by atoms with E-state index in [2.05, 4.69) is 15.1 Å². The fourth-order valence-electron chi connectivity index (χ4n) is 2.85. The smallest absolute Gasteiger partial charge is 0.353 e. The van der Waals surface area contributed by atoms with Crippen molar-refractivity contribution in [2.45, 2.75) is 6.18 Å². The molecule has 0 aliphatic carbocycles. The van der Waals surface area contributed by atoms with Crippen LogP contribution in [0.25, 0.3) is 33.7 Å². The number of hydrogen-bond acceptors (Lipinski definition) is 2. The van der Waals surface area contributed by atoms with Crippen LogP contribution < -0.4 is 0 Å². The van der Waals surface area contributed by atoms with Gasteiger partial charge in [-0.15, -0.1) is 0 Å². The van der Waals surface area contributed by atoms with Crippen LogP contribution in [-0.2, 0) is 13.2 Å². The van der Waals surface area contributed by atoms with Crippen LogP contribution in [0.5, 0.6) is 0 Å². The monoisotopic (exact) mass is 394 g/mol. The molecule has 0 bridgehead atoms. The molecule has 3 aromatic heterocycles. The number of fused-ring (bicyclic) bond motifs is 1. The van der Waals surface area contributed by atoms with Crippen LogP contribution in [-0.4, -0.2) is 19.7 Å². The summed E-state index contributed by atoms with van der Waals surface area (Å²) in [6.45, 7) is 0. The van der Waals surface area contributed by atoms with Crippen LogP contribution in [0.15, 0.2) is 42.5 Å². The first-order valence-electron chi connectivity index (χ1n) is 7.79. The van der Waals surface area contributed by atoms with Gasteiger partial charge in [0.05, 0.1) is 27.4 Å². The average Bonchev–Trinajstić information content (AvgIpc) is 3.17. The summed E-state index contributed by atoms with van der Waals surface area (Å²) in [5.41, 5.74) is 2.05. The molecule has 0 unspecified atom stereocenters. The Kier molecular flexibility index (Phi) is 3.96. The molecule has 0 saturated heterocycles. The van der Waals surface area contributed by atoms with Gasteiger partial charge in [-0.05, 0) is 42.5 Å². The molecule has 27 heavy (non-hydrogen) atoms. The predicted molar refractivity (Wildman–Crippen MR) is 93.7 cm³/mol. The van der Waals surface area contributed by atoms with Crippen molar-refractivity contribution < 1.29 is 17.6 Å². The van der Waals surface area contributed by atoms with Crippen molar-refractivity contribution in [2.75, 3.05) is 0 Å². The lowest BCUT2D eigenvalue weighted by Crippen LogP contribution is -2.06. The fraction of sp³-hybridized carbons (Fsp3) is 0.111. The predicted octanol–water partition coefficient (Wildman–Crippen LogP) is 5.44. The first-order chi connectivity index (χ1) is 12.7. The van der Waals surface area contributed by atoms with Gasteiger partial charge in [-0.25, -0.2) is 9.37 Å². The number of alkyl halides is 3. The summed E-state index contributed by atoms with van der Waals surface area (Å²) in [4.78, 5) is 7.54. The minimum atomic E-state index is -4.53. The van der Waals surface area contributed by atoms with E-state index in [4.69, 9.17) is 11.6 Å². The van der Waals surface area contributed by atoms with Crippen molar-refractivity contribution in [3.8, 4) is 22.6 Å². The van der Waals surface area contributed by atoms with E-state index in [1.807, 2.05) is 0 Å². The number of aromatic nitrogens is 4. The maximum atomic E-state index is 13.2. The second-order valence-corrected chi connectivity index (χ2v) is 6.38. The molecule has 4 nitrogen and oxygen atoms in total. The number of nitrogens with zero attached hydrogens (tertiary/aromatic N) is 3. The van der Waals surface area contributed by atoms with Crippen molar-refractivity contribution in [1.29, 1.82) is 0 Å². The average molecular weight is 395 g/mol. The van der Waals surface area contributed by atoms with Gasteiger partial charge in [0.1, 0.15) is 5.82 Å². The molecule has 4 aromatic rings. The van der Waals surface area contributed by atoms with Gasteiger partial charge in [0.2, 0.25) is 0 Å². The molecule has 0 saturated carbocycles. The summed E-state index contributed by atoms with van der Waals surface area (Å²) in [6.07, 6.45) is -4.53. The third-order valence-corrected chi connectivity index (χ3v) is 4.44. The van der Waals surface area contributed by atoms with Crippen LogP contribution in [0.4, 0.5) is 17.6 Å². The molecule has 0 atom stereocenters. The Labute approximate surface area is 155 Å². The zero-order valence-corrected chi connectivity index (χ0v) is 14.5. The largest absolute Gasteiger partial charge is 0.435 e. The summed E-state index contributed by atoms with van der Waals surface area (Å²) in [5.74, 6) is -0.447. The van der Waals surface area contributed by atoms with Gasteiger partial charge < -0.3 is 4.98 Å². The molecule has 0 aliphatic rings. The third-order valence-electron chi connectivity index (χ3n) is 4.13. The van der Waals surface area contributed by atoms with Gasteiger partial charge in [-0.1, -0.05) is 11.6 Å². The number of aromatic amines is 1. The Morgan fingerprint density at radius 2 is 1.85 bits per heavy atom. The Morgan fingerprint density at radius 3 is 2.52 bits per heavy atom. The first-order valence-corrected chi connectivity index (χ1v) is 8.17. The van der Waals surface area contributed by atoms with Crippen LogP contribution in [0.2, 0.25) is 5.02 Å². The molecule has 9 heteroatoms. The fourth-order valence-corrected chi connectivity index (χ4v) is 3.12. The van der Waals surface area contributed by atoms with E-state index < -0.39 is 17.7 Å². The number of H-pyrrole nitrogens is 1. The van der Waals surface area contributed by atoms with Crippen molar-refractivity contribution in [3.63, 3.8) is 0 Å². The Morgan fingerprint density at radius 1 is 1.07 bits per heavy atom. The van der Waals surface area contributed by atoms with E-state index in [1.54, 1.807) is 24.3 Å². The molecule has 0 radical (unpaired) electrons. The number of rotatable bonds is 2. The standard InChI is InChI=1S/C18H11ClF4N4/c1-27-16(8-17(26-27)18(21,22)23)13-5-4-12-15(25-13)7-14(24-12)10-3-2-9(20)6-11(10)19/h2-8,24H,1H3. The second kappa shape index (κ2) is 6.09. The SMILES string of the molecule is Cn1nc(C(F)(F)F)cc1-c1ccc2[nH]c(-c3ccc(F)cc3Cl)cc2n1. The van der Waals surface area contributed by atoms with Gasteiger partial charge >= 0.3 is 6.18 Å². The van der Waals surface area contributed by atoms with Crippen molar-refractivity contribution in [1.82, 2.24) is 19.7 Å². The van der Waals surface area contributed by atoms with Gasteiger partial charge in [-0.3, -0.25) is 4.68 Å². The van der Waals surface area contributed by atoms with E-state index in [9.17, 15) is 17.6 Å². The lowest BCUT2D eigenvalue weighted by molar-refractivity contribution is -0.141. The lowest BCUT2D eigenvalue weighted by atomic mass is 10.1. The highest BCUT2D eigenvalue weighted by molar-refractivity contribution is 6.33. The summed E-state index contributed by atoms with van der Waals surface area (Å²) >= 11 is 6.09.